The highest BCUT2D eigenvalue weighted by Crippen LogP contribution is 2.38. The Morgan fingerprint density at radius 1 is 1.14 bits per heavy atom. The van der Waals surface area contributed by atoms with E-state index in [4.69, 9.17) is 5.10 Å². The van der Waals surface area contributed by atoms with Crippen molar-refractivity contribution in [2.24, 2.45) is 0 Å². The molecule has 1 saturated carbocycles. The lowest BCUT2D eigenvalue weighted by Gasteiger charge is -2.18. The van der Waals surface area contributed by atoms with Crippen LogP contribution < -0.4 is 10.5 Å². The third-order valence-electron chi connectivity index (χ3n) is 6.33. The number of nitrogens with zero attached hydrogens (tertiary/aromatic N) is 4. The third kappa shape index (κ3) is 3.26. The maximum Gasteiger partial charge on any atom is 0.278 e. The van der Waals surface area contributed by atoms with Crippen LogP contribution in [0.15, 0.2) is 29.1 Å². The Labute approximate surface area is 173 Å². The topological polar surface area (TPSA) is 42.5 Å². The molecule has 4 rings (SSSR count). The number of rotatable bonds is 6. The Bertz CT molecular complexity index is 1110. The first-order valence-corrected chi connectivity index (χ1v) is 10.8. The molecule has 1 aliphatic rings. The van der Waals surface area contributed by atoms with Crippen LogP contribution in [0.1, 0.15) is 68.3 Å². The number of anilines is 1. The molecule has 0 N–H and O–H groups in total. The molecule has 5 heteroatoms. The monoisotopic (exact) mass is 392 g/mol. The molecule has 1 aromatic carbocycles. The minimum Gasteiger partial charge on any atom is -0.378 e. The second-order valence-electron chi connectivity index (χ2n) is 8.64. The Kier molecular flexibility index (Phi) is 5.01. The van der Waals surface area contributed by atoms with Crippen LogP contribution in [-0.2, 0) is 0 Å². The SMILES string of the molecule is CCC(CC)c1cc(C)n2nc(-c3ccc(N(C)C)cc3C)n(C3CC3)c(=O)c12. The number of aromatic nitrogens is 3. The minimum absolute atomic E-state index is 0.114. The lowest BCUT2D eigenvalue weighted by molar-refractivity contribution is 0.638. The van der Waals surface area contributed by atoms with Crippen LogP contribution in [0.3, 0.4) is 0 Å². The lowest BCUT2D eigenvalue weighted by atomic mass is 9.95. The van der Waals surface area contributed by atoms with Crippen LogP contribution in [0, 0.1) is 13.8 Å². The summed E-state index contributed by atoms with van der Waals surface area (Å²) in [6, 6.07) is 8.82. The molecular formula is C24H32N4O. The van der Waals surface area contributed by atoms with E-state index in [0.29, 0.717) is 5.92 Å². The van der Waals surface area contributed by atoms with Crippen LogP contribution in [0.2, 0.25) is 0 Å². The number of aryl methyl sites for hydroxylation is 2. The largest absolute Gasteiger partial charge is 0.378 e. The molecule has 1 aliphatic carbocycles. The molecular weight excluding hydrogens is 360 g/mol. The number of benzene rings is 1. The van der Waals surface area contributed by atoms with Gasteiger partial charge >= 0.3 is 0 Å². The van der Waals surface area contributed by atoms with Gasteiger partial charge in [0.25, 0.3) is 5.56 Å². The van der Waals surface area contributed by atoms with E-state index in [-0.39, 0.29) is 11.6 Å². The molecule has 0 aliphatic heterocycles. The molecule has 0 unspecified atom stereocenters. The molecule has 0 amide bonds. The summed E-state index contributed by atoms with van der Waals surface area (Å²) in [6.07, 6.45) is 4.18. The molecule has 0 spiro atoms. The zero-order chi connectivity index (χ0) is 20.9. The van der Waals surface area contributed by atoms with Gasteiger partial charge in [-0.25, -0.2) is 4.52 Å². The second kappa shape index (κ2) is 7.36. The summed E-state index contributed by atoms with van der Waals surface area (Å²) in [5.74, 6) is 1.19. The van der Waals surface area contributed by atoms with Gasteiger partial charge in [-0.05, 0) is 80.8 Å². The molecule has 5 nitrogen and oxygen atoms in total. The van der Waals surface area contributed by atoms with Gasteiger partial charge < -0.3 is 4.90 Å². The summed E-state index contributed by atoms with van der Waals surface area (Å²) in [7, 11) is 4.09. The van der Waals surface area contributed by atoms with Gasteiger partial charge in [-0.15, -0.1) is 5.10 Å². The molecule has 2 heterocycles. The van der Waals surface area contributed by atoms with E-state index in [1.807, 2.05) is 23.2 Å². The zero-order valence-electron chi connectivity index (χ0n) is 18.5. The summed E-state index contributed by atoms with van der Waals surface area (Å²) >= 11 is 0. The van der Waals surface area contributed by atoms with Crippen molar-refractivity contribution in [1.29, 1.82) is 0 Å². The highest BCUT2D eigenvalue weighted by molar-refractivity contribution is 5.67. The summed E-state index contributed by atoms with van der Waals surface area (Å²) in [4.78, 5) is 15.9. The van der Waals surface area contributed by atoms with Gasteiger partial charge in [-0.3, -0.25) is 9.36 Å². The summed E-state index contributed by atoms with van der Waals surface area (Å²) < 4.78 is 3.86. The number of fused-ring (bicyclic) bond motifs is 1. The predicted molar refractivity (Wildman–Crippen MR) is 120 cm³/mol. The van der Waals surface area contributed by atoms with E-state index in [1.54, 1.807) is 0 Å². The van der Waals surface area contributed by atoms with Crippen LogP contribution >= 0.6 is 0 Å². The summed E-state index contributed by atoms with van der Waals surface area (Å²) in [6.45, 7) is 8.56. The third-order valence-corrected chi connectivity index (χ3v) is 6.33. The molecule has 2 aromatic heterocycles. The molecule has 29 heavy (non-hydrogen) atoms. The van der Waals surface area contributed by atoms with Gasteiger partial charge in [0.1, 0.15) is 5.52 Å². The van der Waals surface area contributed by atoms with Crippen molar-refractivity contribution in [2.75, 3.05) is 19.0 Å². The van der Waals surface area contributed by atoms with Crippen molar-refractivity contribution < 1.29 is 0 Å². The first kappa shape index (κ1) is 19.7. The first-order valence-electron chi connectivity index (χ1n) is 10.8. The van der Waals surface area contributed by atoms with Crippen LogP contribution in [-0.4, -0.2) is 28.3 Å². The maximum absolute atomic E-state index is 13.8. The first-order chi connectivity index (χ1) is 13.9. The Morgan fingerprint density at radius 3 is 2.38 bits per heavy atom. The normalized spacial score (nSPS) is 14.2. The van der Waals surface area contributed by atoms with Gasteiger partial charge in [0, 0.05) is 37.1 Å². The lowest BCUT2D eigenvalue weighted by Crippen LogP contribution is -2.26. The Morgan fingerprint density at radius 2 is 1.83 bits per heavy atom. The van der Waals surface area contributed by atoms with E-state index in [0.717, 1.165) is 65.1 Å². The van der Waals surface area contributed by atoms with Gasteiger partial charge in [0.2, 0.25) is 0 Å². The smallest absolute Gasteiger partial charge is 0.278 e. The average Bonchev–Trinajstić information content (AvgIpc) is 3.47. The fourth-order valence-electron chi connectivity index (χ4n) is 4.42. The van der Waals surface area contributed by atoms with Gasteiger partial charge in [0.05, 0.1) is 0 Å². The minimum atomic E-state index is 0.114. The fourth-order valence-corrected chi connectivity index (χ4v) is 4.42. The van der Waals surface area contributed by atoms with E-state index in [9.17, 15) is 4.79 Å². The average molecular weight is 393 g/mol. The van der Waals surface area contributed by atoms with Crippen molar-refractivity contribution in [3.8, 4) is 11.4 Å². The maximum atomic E-state index is 13.8. The van der Waals surface area contributed by atoms with E-state index >= 15 is 0 Å². The van der Waals surface area contributed by atoms with E-state index in [1.165, 1.54) is 0 Å². The number of hydrogen-bond donors (Lipinski definition) is 0. The number of hydrogen-bond acceptors (Lipinski definition) is 3. The van der Waals surface area contributed by atoms with Crippen LogP contribution in [0.25, 0.3) is 16.9 Å². The molecule has 3 aromatic rings. The van der Waals surface area contributed by atoms with Crippen molar-refractivity contribution in [3.05, 3.63) is 51.4 Å². The van der Waals surface area contributed by atoms with Crippen LogP contribution in [0.4, 0.5) is 5.69 Å². The molecule has 154 valence electrons. The van der Waals surface area contributed by atoms with Crippen LogP contribution in [0.5, 0.6) is 0 Å². The van der Waals surface area contributed by atoms with Crippen molar-refractivity contribution >= 4 is 11.2 Å². The quantitative estimate of drug-likeness (QED) is 0.587. The van der Waals surface area contributed by atoms with Crippen molar-refractivity contribution in [2.45, 2.75) is 65.3 Å². The molecule has 0 bridgehead atoms. The highest BCUT2D eigenvalue weighted by atomic mass is 16.1. The zero-order valence-corrected chi connectivity index (χ0v) is 18.5. The Hall–Kier alpha value is -2.56. The molecule has 1 fully saturated rings. The predicted octanol–water partition coefficient (Wildman–Crippen LogP) is 5.08. The molecule has 0 saturated heterocycles. The standard InChI is InChI=1S/C24H32N4O/c1-7-17(8-2)21-14-16(4)28-22(21)24(29)27(18-9-10-18)23(25-28)20-12-11-19(26(5)6)13-15(20)3/h11-14,17-18H,7-10H2,1-6H3. The van der Waals surface area contributed by atoms with Crippen molar-refractivity contribution in [3.63, 3.8) is 0 Å². The van der Waals surface area contributed by atoms with E-state index < -0.39 is 0 Å². The molecule has 0 radical (unpaired) electrons. The summed E-state index contributed by atoms with van der Waals surface area (Å²) in [5.41, 5.74) is 6.41. The van der Waals surface area contributed by atoms with Crippen molar-refractivity contribution in [1.82, 2.24) is 14.2 Å². The summed E-state index contributed by atoms with van der Waals surface area (Å²) in [5, 5.41) is 5.04. The fraction of sp³-hybridized carbons (Fsp3) is 0.500. The van der Waals surface area contributed by atoms with Gasteiger partial charge in [0.15, 0.2) is 5.82 Å². The Balaban J connectivity index is 2.00. The van der Waals surface area contributed by atoms with E-state index in [2.05, 4.69) is 56.9 Å². The molecule has 0 atom stereocenters. The van der Waals surface area contributed by atoms with Gasteiger partial charge in [-0.1, -0.05) is 13.8 Å². The highest BCUT2D eigenvalue weighted by Gasteiger charge is 2.31. The van der Waals surface area contributed by atoms with Gasteiger partial charge in [-0.2, -0.15) is 0 Å². The second-order valence-corrected chi connectivity index (χ2v) is 8.64.